The number of aromatic nitrogens is 1. The van der Waals surface area contributed by atoms with E-state index in [9.17, 15) is 5.11 Å². The molecule has 0 spiro atoms. The molecule has 3 nitrogen and oxygen atoms in total. The standard InChI is InChI=1S/C16H20N2O/c1-3-13-7-5-9-17-16(13)11-18-12(2)14-6-4-8-15(19)10-14/h4-10,12,18-19H,3,11H2,1-2H3. The fourth-order valence-corrected chi connectivity index (χ4v) is 2.11. The van der Waals surface area contributed by atoms with Crippen LogP contribution in [0.3, 0.4) is 0 Å². The van der Waals surface area contributed by atoms with E-state index in [2.05, 4.69) is 30.2 Å². The molecule has 1 aromatic heterocycles. The smallest absolute Gasteiger partial charge is 0.115 e. The van der Waals surface area contributed by atoms with Crippen molar-refractivity contribution >= 4 is 0 Å². The zero-order valence-corrected chi connectivity index (χ0v) is 11.4. The number of rotatable bonds is 5. The van der Waals surface area contributed by atoms with Gasteiger partial charge in [0.05, 0.1) is 5.69 Å². The summed E-state index contributed by atoms with van der Waals surface area (Å²) in [7, 11) is 0. The normalized spacial score (nSPS) is 12.3. The largest absolute Gasteiger partial charge is 0.508 e. The van der Waals surface area contributed by atoms with Crippen molar-refractivity contribution < 1.29 is 5.11 Å². The number of aryl methyl sites for hydroxylation is 1. The van der Waals surface area contributed by atoms with Crippen LogP contribution in [0.1, 0.15) is 36.7 Å². The second-order valence-electron chi connectivity index (χ2n) is 4.66. The monoisotopic (exact) mass is 256 g/mol. The summed E-state index contributed by atoms with van der Waals surface area (Å²) in [4.78, 5) is 4.42. The van der Waals surface area contributed by atoms with Crippen molar-refractivity contribution in [2.45, 2.75) is 32.9 Å². The van der Waals surface area contributed by atoms with Gasteiger partial charge in [-0.15, -0.1) is 0 Å². The molecule has 1 aromatic carbocycles. The summed E-state index contributed by atoms with van der Waals surface area (Å²) in [6.07, 6.45) is 2.82. The van der Waals surface area contributed by atoms with Crippen LogP contribution in [0.4, 0.5) is 0 Å². The Kier molecular flexibility index (Phi) is 4.53. The Morgan fingerprint density at radius 2 is 2.11 bits per heavy atom. The first kappa shape index (κ1) is 13.6. The van der Waals surface area contributed by atoms with E-state index in [4.69, 9.17) is 0 Å². The van der Waals surface area contributed by atoms with Crippen molar-refractivity contribution in [3.63, 3.8) is 0 Å². The maximum absolute atomic E-state index is 9.49. The average Bonchev–Trinajstić information content (AvgIpc) is 2.45. The molecule has 0 saturated heterocycles. The van der Waals surface area contributed by atoms with Gasteiger partial charge in [-0.25, -0.2) is 0 Å². The highest BCUT2D eigenvalue weighted by atomic mass is 16.3. The molecular weight excluding hydrogens is 236 g/mol. The van der Waals surface area contributed by atoms with Gasteiger partial charge >= 0.3 is 0 Å². The van der Waals surface area contributed by atoms with Crippen LogP contribution in [0.2, 0.25) is 0 Å². The van der Waals surface area contributed by atoms with Crippen molar-refractivity contribution in [2.75, 3.05) is 0 Å². The van der Waals surface area contributed by atoms with Crippen molar-refractivity contribution in [1.82, 2.24) is 10.3 Å². The molecule has 0 aliphatic rings. The maximum Gasteiger partial charge on any atom is 0.115 e. The molecule has 0 radical (unpaired) electrons. The lowest BCUT2D eigenvalue weighted by molar-refractivity contribution is 0.472. The Labute approximate surface area is 114 Å². The summed E-state index contributed by atoms with van der Waals surface area (Å²) in [6.45, 7) is 4.96. The van der Waals surface area contributed by atoms with E-state index in [1.807, 2.05) is 24.4 Å². The van der Waals surface area contributed by atoms with Crippen LogP contribution in [0.15, 0.2) is 42.6 Å². The third-order valence-corrected chi connectivity index (χ3v) is 3.31. The van der Waals surface area contributed by atoms with E-state index in [1.165, 1.54) is 5.56 Å². The number of phenolic OH excluding ortho intramolecular Hbond substituents is 1. The van der Waals surface area contributed by atoms with Gasteiger partial charge in [0.15, 0.2) is 0 Å². The third-order valence-electron chi connectivity index (χ3n) is 3.31. The lowest BCUT2D eigenvalue weighted by Gasteiger charge is -2.15. The molecule has 1 heterocycles. The Balaban J connectivity index is 2.02. The highest BCUT2D eigenvalue weighted by Crippen LogP contribution is 2.18. The molecule has 0 aliphatic heterocycles. The molecule has 0 saturated carbocycles. The molecule has 100 valence electrons. The van der Waals surface area contributed by atoms with Crippen molar-refractivity contribution in [1.29, 1.82) is 0 Å². The van der Waals surface area contributed by atoms with Crippen LogP contribution in [-0.4, -0.2) is 10.1 Å². The number of pyridine rings is 1. The molecule has 0 bridgehead atoms. The lowest BCUT2D eigenvalue weighted by atomic mass is 10.1. The molecule has 1 atom stereocenters. The highest BCUT2D eigenvalue weighted by molar-refractivity contribution is 5.29. The Bertz CT molecular complexity index is 540. The van der Waals surface area contributed by atoms with Gasteiger partial charge in [-0.05, 0) is 42.7 Å². The quantitative estimate of drug-likeness (QED) is 0.863. The summed E-state index contributed by atoms with van der Waals surface area (Å²) in [5, 5.41) is 12.9. The fourth-order valence-electron chi connectivity index (χ4n) is 2.11. The molecule has 1 unspecified atom stereocenters. The average molecular weight is 256 g/mol. The van der Waals surface area contributed by atoms with Crippen LogP contribution >= 0.6 is 0 Å². The molecule has 2 rings (SSSR count). The summed E-state index contributed by atoms with van der Waals surface area (Å²) in [6, 6.07) is 11.6. The number of phenols is 1. The van der Waals surface area contributed by atoms with Crippen LogP contribution in [-0.2, 0) is 13.0 Å². The summed E-state index contributed by atoms with van der Waals surface area (Å²) in [5.74, 6) is 0.304. The highest BCUT2D eigenvalue weighted by Gasteiger charge is 2.07. The first-order valence-corrected chi connectivity index (χ1v) is 6.65. The van der Waals surface area contributed by atoms with Gasteiger partial charge in [0.2, 0.25) is 0 Å². The molecule has 0 aliphatic carbocycles. The van der Waals surface area contributed by atoms with Gasteiger partial charge in [0.25, 0.3) is 0 Å². The predicted molar refractivity (Wildman–Crippen MR) is 77.0 cm³/mol. The number of hydrogen-bond acceptors (Lipinski definition) is 3. The molecule has 2 aromatic rings. The van der Waals surface area contributed by atoms with Crippen LogP contribution in [0.25, 0.3) is 0 Å². The molecule has 0 amide bonds. The predicted octanol–water partition coefficient (Wildman–Crippen LogP) is 3.20. The minimum atomic E-state index is 0.179. The zero-order valence-electron chi connectivity index (χ0n) is 11.4. The second-order valence-corrected chi connectivity index (χ2v) is 4.66. The molecule has 3 heteroatoms. The SMILES string of the molecule is CCc1cccnc1CNC(C)c1cccc(O)c1. The Morgan fingerprint density at radius 1 is 1.26 bits per heavy atom. The fraction of sp³-hybridized carbons (Fsp3) is 0.312. The van der Waals surface area contributed by atoms with Gasteiger partial charge in [0, 0.05) is 18.8 Å². The van der Waals surface area contributed by atoms with Gasteiger partial charge < -0.3 is 10.4 Å². The molecule has 19 heavy (non-hydrogen) atoms. The van der Waals surface area contributed by atoms with Gasteiger partial charge in [-0.2, -0.15) is 0 Å². The van der Waals surface area contributed by atoms with E-state index in [-0.39, 0.29) is 6.04 Å². The number of benzene rings is 1. The van der Waals surface area contributed by atoms with Crippen LogP contribution in [0, 0.1) is 0 Å². The molecule has 2 N–H and O–H groups in total. The van der Waals surface area contributed by atoms with E-state index in [0.717, 1.165) is 24.2 Å². The topological polar surface area (TPSA) is 45.2 Å². The van der Waals surface area contributed by atoms with E-state index >= 15 is 0 Å². The summed E-state index contributed by atoms with van der Waals surface area (Å²) >= 11 is 0. The van der Waals surface area contributed by atoms with E-state index in [1.54, 1.807) is 12.1 Å². The first-order chi connectivity index (χ1) is 9.20. The van der Waals surface area contributed by atoms with Gasteiger partial charge in [-0.3, -0.25) is 4.98 Å². The third kappa shape index (κ3) is 3.55. The van der Waals surface area contributed by atoms with Crippen LogP contribution in [0.5, 0.6) is 5.75 Å². The Hall–Kier alpha value is -1.87. The maximum atomic E-state index is 9.49. The molecule has 0 fully saturated rings. The number of nitrogens with zero attached hydrogens (tertiary/aromatic N) is 1. The Morgan fingerprint density at radius 3 is 2.84 bits per heavy atom. The number of nitrogens with one attached hydrogen (secondary N) is 1. The number of hydrogen-bond donors (Lipinski definition) is 2. The second kappa shape index (κ2) is 6.34. The van der Waals surface area contributed by atoms with E-state index < -0.39 is 0 Å². The lowest BCUT2D eigenvalue weighted by Crippen LogP contribution is -2.19. The van der Waals surface area contributed by atoms with Crippen molar-refractivity contribution in [2.24, 2.45) is 0 Å². The van der Waals surface area contributed by atoms with Gasteiger partial charge in [-0.1, -0.05) is 25.1 Å². The van der Waals surface area contributed by atoms with E-state index in [0.29, 0.717) is 5.75 Å². The molecular formula is C16H20N2O. The van der Waals surface area contributed by atoms with Crippen molar-refractivity contribution in [3.05, 3.63) is 59.4 Å². The van der Waals surface area contributed by atoms with Crippen LogP contribution < -0.4 is 5.32 Å². The summed E-state index contributed by atoms with van der Waals surface area (Å²) < 4.78 is 0. The van der Waals surface area contributed by atoms with Gasteiger partial charge in [0.1, 0.15) is 5.75 Å². The minimum absolute atomic E-state index is 0.179. The van der Waals surface area contributed by atoms with Crippen molar-refractivity contribution in [3.8, 4) is 5.75 Å². The first-order valence-electron chi connectivity index (χ1n) is 6.65. The zero-order chi connectivity index (χ0) is 13.7. The summed E-state index contributed by atoms with van der Waals surface area (Å²) in [5.41, 5.74) is 3.45. The minimum Gasteiger partial charge on any atom is -0.508 e. The number of aromatic hydroxyl groups is 1.